The molecule has 0 aliphatic carbocycles. The maximum atomic E-state index is 12.8. The maximum Gasteiger partial charge on any atom is 0.224 e. The van der Waals surface area contributed by atoms with Gasteiger partial charge in [-0.1, -0.05) is 30.3 Å². The molecule has 1 unspecified atom stereocenters. The van der Waals surface area contributed by atoms with E-state index in [0.717, 1.165) is 48.6 Å². The zero-order valence-electron chi connectivity index (χ0n) is 19.1. The molecule has 31 heavy (non-hydrogen) atoms. The van der Waals surface area contributed by atoms with Crippen molar-refractivity contribution in [2.75, 3.05) is 13.1 Å². The van der Waals surface area contributed by atoms with Crippen LogP contribution in [0.5, 0.6) is 0 Å². The third kappa shape index (κ3) is 6.36. The third-order valence-electron chi connectivity index (χ3n) is 5.83. The highest BCUT2D eigenvalue weighted by atomic mass is 16.2. The van der Waals surface area contributed by atoms with E-state index in [0.29, 0.717) is 19.4 Å². The quantitative estimate of drug-likeness (QED) is 0.741. The number of carbonyl (C=O) groups is 2. The topological polar surface area (TPSA) is 75.2 Å². The number of amides is 2. The number of nitrogens with zero attached hydrogens (tertiary/aromatic N) is 3. The number of piperidine rings is 1. The van der Waals surface area contributed by atoms with Gasteiger partial charge in [-0.25, -0.2) is 9.97 Å². The first-order chi connectivity index (χ1) is 14.8. The molecule has 2 heterocycles. The summed E-state index contributed by atoms with van der Waals surface area (Å²) in [7, 11) is 0. The second kappa shape index (κ2) is 10.5. The van der Waals surface area contributed by atoms with E-state index < -0.39 is 0 Å². The Kier molecular flexibility index (Phi) is 7.77. The second-order valence-corrected chi connectivity index (χ2v) is 8.79. The number of carbonyl (C=O) groups excluding carboxylic acids is 2. The smallest absolute Gasteiger partial charge is 0.224 e. The largest absolute Gasteiger partial charge is 0.354 e. The minimum atomic E-state index is -0.00888. The second-order valence-electron chi connectivity index (χ2n) is 8.79. The average molecular weight is 423 g/mol. The summed E-state index contributed by atoms with van der Waals surface area (Å²) < 4.78 is 0. The van der Waals surface area contributed by atoms with Crippen molar-refractivity contribution in [2.24, 2.45) is 0 Å². The van der Waals surface area contributed by atoms with Gasteiger partial charge in [0.25, 0.3) is 0 Å². The van der Waals surface area contributed by atoms with Crippen LogP contribution in [0.1, 0.15) is 67.4 Å². The summed E-state index contributed by atoms with van der Waals surface area (Å²) in [6, 6.07) is 10.3. The highest BCUT2D eigenvalue weighted by Gasteiger charge is 2.27. The van der Waals surface area contributed by atoms with Gasteiger partial charge in [0.15, 0.2) is 0 Å². The van der Waals surface area contributed by atoms with Gasteiger partial charge in [0.05, 0.1) is 6.42 Å². The number of nitrogens with one attached hydrogen (secondary N) is 1. The van der Waals surface area contributed by atoms with Crippen LogP contribution in [-0.4, -0.2) is 45.8 Å². The number of aryl methyl sites for hydroxylation is 3. The summed E-state index contributed by atoms with van der Waals surface area (Å²) >= 11 is 0. The van der Waals surface area contributed by atoms with E-state index in [9.17, 15) is 9.59 Å². The molecule has 1 N–H and O–H groups in total. The molecule has 0 radical (unpaired) electrons. The molecule has 1 aromatic heterocycles. The molecule has 2 amide bonds. The summed E-state index contributed by atoms with van der Waals surface area (Å²) in [5.41, 5.74) is 3.80. The van der Waals surface area contributed by atoms with Gasteiger partial charge in [-0.05, 0) is 52.5 Å². The lowest BCUT2D eigenvalue weighted by Gasteiger charge is -2.32. The minimum Gasteiger partial charge on any atom is -0.354 e. The summed E-state index contributed by atoms with van der Waals surface area (Å²) in [6.07, 6.45) is 3.53. The molecule has 1 aromatic carbocycles. The predicted molar refractivity (Wildman–Crippen MR) is 122 cm³/mol. The molecule has 0 saturated carbocycles. The van der Waals surface area contributed by atoms with Crippen LogP contribution in [0.25, 0.3) is 0 Å². The van der Waals surface area contributed by atoms with Gasteiger partial charge in [-0.2, -0.15) is 0 Å². The van der Waals surface area contributed by atoms with Gasteiger partial charge in [0.1, 0.15) is 5.82 Å². The molecule has 1 saturated heterocycles. The Morgan fingerprint density at radius 2 is 1.81 bits per heavy atom. The van der Waals surface area contributed by atoms with Crippen LogP contribution in [0, 0.1) is 13.8 Å². The zero-order valence-corrected chi connectivity index (χ0v) is 19.1. The molecular formula is C25H34N4O2. The Labute approximate surface area is 185 Å². The van der Waals surface area contributed by atoms with Crippen molar-refractivity contribution in [1.82, 2.24) is 20.2 Å². The van der Waals surface area contributed by atoms with Crippen molar-refractivity contribution in [3.8, 4) is 0 Å². The lowest BCUT2D eigenvalue weighted by Crippen LogP contribution is -2.39. The van der Waals surface area contributed by atoms with Gasteiger partial charge in [-0.3, -0.25) is 9.59 Å². The first-order valence-corrected chi connectivity index (χ1v) is 11.3. The Morgan fingerprint density at radius 3 is 2.45 bits per heavy atom. The number of rotatable bonds is 7. The molecule has 6 nitrogen and oxygen atoms in total. The highest BCUT2D eigenvalue weighted by Crippen LogP contribution is 2.26. The van der Waals surface area contributed by atoms with E-state index >= 15 is 0 Å². The Bertz CT molecular complexity index is 888. The number of hydrogen-bond acceptors (Lipinski definition) is 4. The number of benzene rings is 1. The summed E-state index contributed by atoms with van der Waals surface area (Å²) in [4.78, 5) is 36.4. The van der Waals surface area contributed by atoms with Crippen LogP contribution in [0.3, 0.4) is 0 Å². The van der Waals surface area contributed by atoms with Gasteiger partial charge in [-0.15, -0.1) is 0 Å². The van der Waals surface area contributed by atoms with E-state index in [2.05, 4.69) is 17.4 Å². The van der Waals surface area contributed by atoms with Crippen LogP contribution in [0.2, 0.25) is 0 Å². The molecule has 6 heteroatoms. The van der Waals surface area contributed by atoms with Crippen LogP contribution >= 0.6 is 0 Å². The fourth-order valence-electron chi connectivity index (χ4n) is 4.21. The molecule has 3 rings (SSSR count). The summed E-state index contributed by atoms with van der Waals surface area (Å²) in [5, 5.41) is 2.93. The van der Waals surface area contributed by atoms with Crippen molar-refractivity contribution in [1.29, 1.82) is 0 Å². The molecular weight excluding hydrogens is 388 g/mol. The van der Waals surface area contributed by atoms with Crippen molar-refractivity contribution in [3.63, 3.8) is 0 Å². The normalized spacial score (nSPS) is 16.4. The van der Waals surface area contributed by atoms with Crippen molar-refractivity contribution in [2.45, 2.75) is 71.8 Å². The summed E-state index contributed by atoms with van der Waals surface area (Å²) in [5.74, 6) is 1.13. The van der Waals surface area contributed by atoms with E-state index in [-0.39, 0.29) is 23.8 Å². The zero-order chi connectivity index (χ0) is 22.4. The van der Waals surface area contributed by atoms with Crippen LogP contribution in [0.4, 0.5) is 0 Å². The molecule has 0 bridgehead atoms. The Hall–Kier alpha value is -2.76. The van der Waals surface area contributed by atoms with Gasteiger partial charge in [0.2, 0.25) is 11.8 Å². The molecule has 1 atom stereocenters. The number of hydrogen-bond donors (Lipinski definition) is 1. The number of likely N-dealkylation sites (tertiary alicyclic amines) is 1. The van der Waals surface area contributed by atoms with Crippen LogP contribution in [0.15, 0.2) is 30.3 Å². The highest BCUT2D eigenvalue weighted by molar-refractivity contribution is 5.79. The number of aromatic nitrogens is 2. The van der Waals surface area contributed by atoms with E-state index in [1.54, 1.807) is 0 Å². The molecule has 166 valence electrons. The molecule has 1 aliphatic heterocycles. The standard InChI is InChI=1S/C25H34N4O2/c1-17(2)26-23(30)15-22-18(3)27-25(28-19(22)4)21-11-8-14-29(16-21)24(31)13-12-20-9-6-5-7-10-20/h5-7,9-10,17,21H,8,11-16H2,1-4H3,(H,26,30). The SMILES string of the molecule is Cc1nc(C2CCCN(C(=O)CCc3ccccc3)C2)nc(C)c1CC(=O)NC(C)C. The van der Waals surface area contributed by atoms with Gasteiger partial charge >= 0.3 is 0 Å². The lowest BCUT2D eigenvalue weighted by molar-refractivity contribution is -0.132. The fourth-order valence-corrected chi connectivity index (χ4v) is 4.21. The van der Waals surface area contributed by atoms with E-state index in [4.69, 9.17) is 9.97 Å². The Morgan fingerprint density at radius 1 is 1.13 bits per heavy atom. The average Bonchev–Trinajstić information content (AvgIpc) is 2.74. The first kappa shape index (κ1) is 22.9. The van der Waals surface area contributed by atoms with Crippen molar-refractivity contribution < 1.29 is 9.59 Å². The van der Waals surface area contributed by atoms with E-state index in [1.807, 2.05) is 50.8 Å². The predicted octanol–water partition coefficient (Wildman–Crippen LogP) is 3.50. The summed E-state index contributed by atoms with van der Waals surface area (Å²) in [6.45, 7) is 9.26. The van der Waals surface area contributed by atoms with Gasteiger partial charge in [0, 0.05) is 48.4 Å². The lowest BCUT2D eigenvalue weighted by atomic mass is 9.95. The van der Waals surface area contributed by atoms with Crippen molar-refractivity contribution in [3.05, 3.63) is 58.7 Å². The third-order valence-corrected chi connectivity index (χ3v) is 5.83. The monoisotopic (exact) mass is 422 g/mol. The first-order valence-electron chi connectivity index (χ1n) is 11.3. The molecule has 1 aliphatic rings. The van der Waals surface area contributed by atoms with E-state index in [1.165, 1.54) is 5.56 Å². The molecule has 1 fully saturated rings. The van der Waals surface area contributed by atoms with Crippen molar-refractivity contribution >= 4 is 11.8 Å². The minimum absolute atomic E-state index is 0.00888. The van der Waals surface area contributed by atoms with Crippen LogP contribution in [-0.2, 0) is 22.4 Å². The maximum absolute atomic E-state index is 12.8. The van der Waals surface area contributed by atoms with Crippen LogP contribution < -0.4 is 5.32 Å². The molecule has 0 spiro atoms. The van der Waals surface area contributed by atoms with Gasteiger partial charge < -0.3 is 10.2 Å². The fraction of sp³-hybridized carbons (Fsp3) is 0.520. The Balaban J connectivity index is 1.64. The molecule has 2 aromatic rings.